The first kappa shape index (κ1) is 20.8. The lowest BCUT2D eigenvalue weighted by Crippen LogP contribution is -2.42. The molecule has 1 N–H and O–H groups in total. The standard InChI is InChI=1S/C21H29N5O3/c1-15(2)22-21(28)26-13-7-10-17(26)20-23-18(29-24-20)11-12-19(27)25(3)14-16-8-5-4-6-9-16/h4-6,8-9,15,17H,7,10-14H2,1-3H3,(H,22,28). The Bertz CT molecular complexity index is 821. The molecule has 1 unspecified atom stereocenters. The van der Waals surface area contributed by atoms with Gasteiger partial charge < -0.3 is 19.6 Å². The largest absolute Gasteiger partial charge is 0.341 e. The zero-order valence-electron chi connectivity index (χ0n) is 17.3. The van der Waals surface area contributed by atoms with Crippen LogP contribution in [-0.2, 0) is 17.8 Å². The van der Waals surface area contributed by atoms with Crippen molar-refractivity contribution in [3.05, 3.63) is 47.6 Å². The Morgan fingerprint density at radius 1 is 1.31 bits per heavy atom. The molecule has 1 aromatic carbocycles. The highest BCUT2D eigenvalue weighted by molar-refractivity contribution is 5.76. The van der Waals surface area contributed by atoms with E-state index < -0.39 is 0 Å². The highest BCUT2D eigenvalue weighted by Crippen LogP contribution is 2.30. The molecule has 2 heterocycles. The van der Waals surface area contributed by atoms with E-state index in [9.17, 15) is 9.59 Å². The van der Waals surface area contributed by atoms with Gasteiger partial charge in [0, 0.05) is 39.0 Å². The summed E-state index contributed by atoms with van der Waals surface area (Å²) >= 11 is 0. The molecule has 3 rings (SSSR count). The Morgan fingerprint density at radius 2 is 2.07 bits per heavy atom. The minimum Gasteiger partial charge on any atom is -0.341 e. The molecular weight excluding hydrogens is 370 g/mol. The number of benzene rings is 1. The summed E-state index contributed by atoms with van der Waals surface area (Å²) in [7, 11) is 1.79. The van der Waals surface area contributed by atoms with Crippen molar-refractivity contribution in [1.29, 1.82) is 0 Å². The van der Waals surface area contributed by atoms with Gasteiger partial charge in [-0.1, -0.05) is 35.5 Å². The van der Waals surface area contributed by atoms with Gasteiger partial charge in [0.15, 0.2) is 5.82 Å². The number of carbonyl (C=O) groups is 2. The van der Waals surface area contributed by atoms with E-state index >= 15 is 0 Å². The second-order valence-electron chi connectivity index (χ2n) is 7.74. The van der Waals surface area contributed by atoms with Gasteiger partial charge in [-0.3, -0.25) is 4.79 Å². The monoisotopic (exact) mass is 399 g/mol. The fraction of sp³-hybridized carbons (Fsp3) is 0.524. The summed E-state index contributed by atoms with van der Waals surface area (Å²) in [4.78, 5) is 32.7. The quantitative estimate of drug-likeness (QED) is 0.773. The Hall–Kier alpha value is -2.90. The molecule has 8 nitrogen and oxygen atoms in total. The van der Waals surface area contributed by atoms with Crippen LogP contribution in [-0.4, -0.2) is 51.5 Å². The summed E-state index contributed by atoms with van der Waals surface area (Å²) in [6, 6.07) is 9.66. The van der Waals surface area contributed by atoms with E-state index in [2.05, 4.69) is 15.5 Å². The van der Waals surface area contributed by atoms with Gasteiger partial charge in [0.05, 0.1) is 6.04 Å². The van der Waals surface area contributed by atoms with Crippen LogP contribution < -0.4 is 5.32 Å². The van der Waals surface area contributed by atoms with Crippen molar-refractivity contribution < 1.29 is 14.1 Å². The van der Waals surface area contributed by atoms with Crippen molar-refractivity contribution in [3.8, 4) is 0 Å². The van der Waals surface area contributed by atoms with Crippen LogP contribution in [0.3, 0.4) is 0 Å². The number of carbonyl (C=O) groups excluding carboxylic acids is 2. The van der Waals surface area contributed by atoms with Gasteiger partial charge in [0.25, 0.3) is 0 Å². The van der Waals surface area contributed by atoms with E-state index in [0.29, 0.717) is 37.6 Å². The second kappa shape index (κ2) is 9.54. The molecule has 8 heteroatoms. The lowest BCUT2D eigenvalue weighted by molar-refractivity contribution is -0.130. The molecule has 0 spiro atoms. The molecule has 0 aliphatic carbocycles. The summed E-state index contributed by atoms with van der Waals surface area (Å²) in [5, 5.41) is 6.98. The third kappa shape index (κ3) is 5.56. The van der Waals surface area contributed by atoms with Crippen molar-refractivity contribution >= 4 is 11.9 Å². The van der Waals surface area contributed by atoms with Crippen LogP contribution in [0.1, 0.15) is 56.4 Å². The van der Waals surface area contributed by atoms with E-state index in [1.807, 2.05) is 44.2 Å². The second-order valence-corrected chi connectivity index (χ2v) is 7.74. The minimum absolute atomic E-state index is 0.0207. The van der Waals surface area contributed by atoms with Crippen LogP contribution in [0.5, 0.6) is 0 Å². The highest BCUT2D eigenvalue weighted by Gasteiger charge is 2.33. The molecule has 156 valence electrons. The number of nitrogens with zero attached hydrogens (tertiary/aromatic N) is 4. The number of aromatic nitrogens is 2. The first-order valence-corrected chi connectivity index (χ1v) is 10.1. The molecule has 0 bridgehead atoms. The SMILES string of the molecule is CC(C)NC(=O)N1CCCC1c1noc(CCC(=O)N(C)Cc2ccccc2)n1. The molecule has 29 heavy (non-hydrogen) atoms. The Kier molecular flexibility index (Phi) is 6.85. The molecule has 1 saturated heterocycles. The van der Waals surface area contributed by atoms with Crippen LogP contribution >= 0.6 is 0 Å². The summed E-state index contributed by atoms with van der Waals surface area (Å²) in [5.74, 6) is 0.964. The molecule has 0 saturated carbocycles. The maximum absolute atomic E-state index is 12.4. The lowest BCUT2D eigenvalue weighted by atomic mass is 10.2. The first-order chi connectivity index (χ1) is 13.9. The summed E-state index contributed by atoms with van der Waals surface area (Å²) in [6.45, 7) is 5.11. The number of hydrogen-bond donors (Lipinski definition) is 1. The number of likely N-dealkylation sites (tertiary alicyclic amines) is 1. The van der Waals surface area contributed by atoms with Gasteiger partial charge in [0.1, 0.15) is 0 Å². The number of nitrogens with one attached hydrogen (secondary N) is 1. The predicted octanol–water partition coefficient (Wildman–Crippen LogP) is 2.92. The topological polar surface area (TPSA) is 91.6 Å². The number of hydrogen-bond acceptors (Lipinski definition) is 5. The molecule has 1 aromatic heterocycles. The van der Waals surface area contributed by atoms with E-state index in [4.69, 9.17) is 4.52 Å². The van der Waals surface area contributed by atoms with E-state index in [-0.39, 0.29) is 24.0 Å². The number of amides is 3. The van der Waals surface area contributed by atoms with Crippen LogP contribution in [0.25, 0.3) is 0 Å². The van der Waals surface area contributed by atoms with Crippen LogP contribution in [0.4, 0.5) is 4.79 Å². The fourth-order valence-electron chi connectivity index (χ4n) is 3.46. The number of rotatable bonds is 7. The van der Waals surface area contributed by atoms with Gasteiger partial charge in [-0.2, -0.15) is 4.98 Å². The first-order valence-electron chi connectivity index (χ1n) is 10.1. The van der Waals surface area contributed by atoms with Crippen LogP contribution in [0.15, 0.2) is 34.9 Å². The molecular formula is C21H29N5O3. The maximum Gasteiger partial charge on any atom is 0.318 e. The van der Waals surface area contributed by atoms with Gasteiger partial charge in [-0.05, 0) is 32.3 Å². The molecule has 2 aromatic rings. The van der Waals surface area contributed by atoms with E-state index in [1.165, 1.54) is 0 Å². The number of urea groups is 1. The predicted molar refractivity (Wildman–Crippen MR) is 108 cm³/mol. The third-order valence-electron chi connectivity index (χ3n) is 4.95. The minimum atomic E-state index is -0.178. The van der Waals surface area contributed by atoms with Gasteiger partial charge >= 0.3 is 6.03 Å². The zero-order chi connectivity index (χ0) is 20.8. The molecule has 1 aliphatic rings. The lowest BCUT2D eigenvalue weighted by Gasteiger charge is -2.23. The van der Waals surface area contributed by atoms with Crippen molar-refractivity contribution in [3.63, 3.8) is 0 Å². The van der Waals surface area contributed by atoms with Crippen molar-refractivity contribution in [1.82, 2.24) is 25.3 Å². The van der Waals surface area contributed by atoms with Crippen molar-refractivity contribution in [2.75, 3.05) is 13.6 Å². The fourth-order valence-corrected chi connectivity index (χ4v) is 3.46. The summed E-state index contributed by atoms with van der Waals surface area (Å²) in [6.07, 6.45) is 2.40. The van der Waals surface area contributed by atoms with Gasteiger partial charge in [-0.15, -0.1) is 0 Å². The smallest absolute Gasteiger partial charge is 0.318 e. The molecule has 1 atom stereocenters. The highest BCUT2D eigenvalue weighted by atomic mass is 16.5. The Morgan fingerprint density at radius 3 is 2.79 bits per heavy atom. The van der Waals surface area contributed by atoms with Gasteiger partial charge in [-0.25, -0.2) is 4.79 Å². The molecule has 1 fully saturated rings. The average Bonchev–Trinajstić information content (AvgIpc) is 3.35. The zero-order valence-corrected chi connectivity index (χ0v) is 17.3. The normalized spacial score (nSPS) is 16.3. The van der Waals surface area contributed by atoms with E-state index in [1.54, 1.807) is 16.8 Å². The number of aryl methyl sites for hydroxylation is 1. The molecule has 0 radical (unpaired) electrons. The molecule has 3 amide bonds. The summed E-state index contributed by atoms with van der Waals surface area (Å²) < 4.78 is 5.34. The Labute approximate surface area is 171 Å². The van der Waals surface area contributed by atoms with Crippen molar-refractivity contribution in [2.45, 2.75) is 58.2 Å². The van der Waals surface area contributed by atoms with Gasteiger partial charge in [0.2, 0.25) is 11.8 Å². The van der Waals surface area contributed by atoms with Crippen molar-refractivity contribution in [2.24, 2.45) is 0 Å². The third-order valence-corrected chi connectivity index (χ3v) is 4.95. The van der Waals surface area contributed by atoms with Crippen LogP contribution in [0, 0.1) is 0 Å². The summed E-state index contributed by atoms with van der Waals surface area (Å²) in [5.41, 5.74) is 1.09. The average molecular weight is 399 g/mol. The Balaban J connectivity index is 1.53. The molecule has 1 aliphatic heterocycles. The maximum atomic E-state index is 12.4. The van der Waals surface area contributed by atoms with E-state index in [0.717, 1.165) is 18.4 Å². The van der Waals surface area contributed by atoms with Crippen LogP contribution in [0.2, 0.25) is 0 Å².